The van der Waals surface area contributed by atoms with Crippen LogP contribution in [0.1, 0.15) is 25.7 Å². The zero-order valence-electron chi connectivity index (χ0n) is 46.7. The van der Waals surface area contributed by atoms with Gasteiger partial charge in [0.05, 0.1) is 35.1 Å². The SMILES string of the molecule is C=CC(=O)Cl.C=CC(=O)Nc1cc(Nc2ncc(Cl)c(Nc3ccccc3P(C)(C)=O)n2)ccc1OC1CCN(C)CC1.CN1CCC(Oc2ccc(Nc3ncc(Cl)c(Nc4ccccc4P(C)(C)=O)n3)cc2N)CC1.O=CO[O-].[Na+]. The van der Waals surface area contributed by atoms with Crippen molar-refractivity contribution in [2.45, 2.75) is 37.9 Å². The monoisotopic (exact) mass is 1230 g/mol. The van der Waals surface area contributed by atoms with Gasteiger partial charge in [-0.3, -0.25) is 14.4 Å². The fourth-order valence-electron chi connectivity index (χ4n) is 7.93. The topological polar surface area (TPSA) is 280 Å². The number of piperidine rings is 2. The Labute approximate surface area is 515 Å². The smallest absolute Gasteiger partial charge is 0.662 e. The number of benzene rings is 4. The molecule has 7 N–H and O–H groups in total. The average molecular weight is 1230 g/mol. The number of halogens is 3. The van der Waals surface area contributed by atoms with E-state index in [-0.39, 0.29) is 60.1 Å². The molecular formula is C55H66Cl3N12NaO9P2. The molecule has 2 fully saturated rings. The third-order valence-corrected chi connectivity index (χ3v) is 15.8. The van der Waals surface area contributed by atoms with Gasteiger partial charge in [0, 0.05) is 48.2 Å². The molecule has 432 valence electrons. The second-order valence-corrected chi connectivity index (χ2v) is 26.7. The summed E-state index contributed by atoms with van der Waals surface area (Å²) < 4.78 is 37.8. The first-order chi connectivity index (χ1) is 38.5. The van der Waals surface area contributed by atoms with Crippen molar-refractivity contribution in [3.8, 4) is 11.5 Å². The van der Waals surface area contributed by atoms with Gasteiger partial charge in [0.25, 0.3) is 6.47 Å². The molecule has 21 nitrogen and oxygen atoms in total. The van der Waals surface area contributed by atoms with Gasteiger partial charge in [-0.05, 0) is 151 Å². The summed E-state index contributed by atoms with van der Waals surface area (Å²) in [6, 6.07) is 25.7. The number of amides is 1. The van der Waals surface area contributed by atoms with Gasteiger partial charge >= 0.3 is 29.6 Å². The number of allylic oxidation sites excluding steroid dienone is 1. The van der Waals surface area contributed by atoms with Gasteiger partial charge in [0.2, 0.25) is 23.0 Å². The minimum Gasteiger partial charge on any atom is -0.662 e. The van der Waals surface area contributed by atoms with Gasteiger partial charge in [-0.15, -0.1) is 0 Å². The van der Waals surface area contributed by atoms with Gasteiger partial charge < -0.3 is 70.9 Å². The molecule has 2 saturated heterocycles. The van der Waals surface area contributed by atoms with Crippen LogP contribution in [0.15, 0.2) is 123 Å². The van der Waals surface area contributed by atoms with Crippen molar-refractivity contribution in [2.75, 3.05) is 99.3 Å². The molecule has 82 heavy (non-hydrogen) atoms. The molecule has 27 heteroatoms. The molecule has 0 unspecified atom stereocenters. The van der Waals surface area contributed by atoms with E-state index >= 15 is 0 Å². The number of nitrogens with two attached hydrogens (primary N) is 1. The Bertz CT molecular complexity index is 3230. The maximum absolute atomic E-state index is 12.8. The Morgan fingerprint density at radius 1 is 0.671 bits per heavy atom. The molecule has 6 aromatic rings. The summed E-state index contributed by atoms with van der Waals surface area (Å²) in [5.74, 6) is 2.34. The number of para-hydroxylation sites is 2. The predicted molar refractivity (Wildman–Crippen MR) is 325 cm³/mol. The van der Waals surface area contributed by atoms with Gasteiger partial charge in [-0.2, -0.15) is 9.97 Å². The van der Waals surface area contributed by atoms with E-state index in [9.17, 15) is 18.7 Å². The second kappa shape index (κ2) is 33.3. The minimum atomic E-state index is -2.54. The van der Waals surface area contributed by atoms with Crippen LogP contribution in [0.5, 0.6) is 11.5 Å². The Hall–Kier alpha value is -6.06. The Kier molecular flexibility index (Phi) is 27.8. The Balaban J connectivity index is 0.000000305. The summed E-state index contributed by atoms with van der Waals surface area (Å²) in [4.78, 5) is 55.0. The third-order valence-electron chi connectivity index (χ3n) is 12.0. The van der Waals surface area contributed by atoms with Crippen molar-refractivity contribution in [1.82, 2.24) is 29.7 Å². The van der Waals surface area contributed by atoms with Crippen LogP contribution in [-0.2, 0) is 28.4 Å². The van der Waals surface area contributed by atoms with Gasteiger partial charge in [0.15, 0.2) is 11.6 Å². The average Bonchev–Trinajstić information content (AvgIpc) is 3.45. The zero-order chi connectivity index (χ0) is 59.3. The second-order valence-electron chi connectivity index (χ2n) is 19.1. The van der Waals surface area contributed by atoms with E-state index in [0.29, 0.717) is 72.9 Å². The molecule has 2 aliphatic heterocycles. The number of nitrogens with zero attached hydrogens (tertiary/aromatic N) is 6. The van der Waals surface area contributed by atoms with E-state index in [4.69, 9.17) is 60.1 Å². The van der Waals surface area contributed by atoms with Gasteiger partial charge in [-0.25, -0.2) is 9.97 Å². The summed E-state index contributed by atoms with van der Waals surface area (Å²) in [6.07, 6.45) is 9.29. The number of ether oxygens (including phenoxy) is 2. The van der Waals surface area contributed by atoms with Crippen molar-refractivity contribution < 1.29 is 72.7 Å². The van der Waals surface area contributed by atoms with Crippen LogP contribution in [0.25, 0.3) is 0 Å². The first kappa shape index (κ1) is 68.4. The third kappa shape index (κ3) is 22.3. The van der Waals surface area contributed by atoms with Crippen LogP contribution in [0, 0.1) is 0 Å². The van der Waals surface area contributed by atoms with Crippen LogP contribution < -0.4 is 87.2 Å². The van der Waals surface area contributed by atoms with Gasteiger partial charge in [-0.1, -0.05) is 60.6 Å². The van der Waals surface area contributed by atoms with Crippen molar-refractivity contribution in [3.63, 3.8) is 0 Å². The van der Waals surface area contributed by atoms with Crippen LogP contribution >= 0.6 is 49.1 Å². The van der Waals surface area contributed by atoms with Crippen molar-refractivity contribution >= 4 is 135 Å². The van der Waals surface area contributed by atoms with E-state index < -0.39 is 19.5 Å². The maximum atomic E-state index is 12.8. The summed E-state index contributed by atoms with van der Waals surface area (Å²) in [5.41, 5.74) is 10.1. The fourth-order valence-corrected chi connectivity index (χ4v) is 10.5. The zero-order valence-corrected chi connectivity index (χ0v) is 52.7. The molecule has 0 saturated carbocycles. The van der Waals surface area contributed by atoms with E-state index in [1.807, 2.05) is 72.8 Å². The maximum Gasteiger partial charge on any atom is 1.00 e. The molecule has 4 heterocycles. The van der Waals surface area contributed by atoms with E-state index in [0.717, 1.165) is 68.9 Å². The molecule has 2 aromatic heterocycles. The summed E-state index contributed by atoms with van der Waals surface area (Å²) >= 11 is 17.4. The number of carbonyl (C=O) groups is 3. The fraction of sp³-hybridized carbons (Fsp3) is 0.291. The minimum absolute atomic E-state index is 0. The molecule has 8 rings (SSSR count). The van der Waals surface area contributed by atoms with Gasteiger partial charge in [0.1, 0.15) is 48.0 Å². The number of carbonyl (C=O) groups excluding carboxylic acids is 3. The molecule has 0 aliphatic carbocycles. The standard InChI is InChI=1S/C27H32ClN6O3P.C24H30ClN6O2P.C3H3ClO.CH2O3.Na/c1-5-25(35)31-22-16-18(10-11-23(22)37-19-12-14-34(2)15-13-19)30-27-29-17-20(28)26(33-27)32-21-8-6-7-9-24(21)38(3,4)36;1-31-12-10-17(11-13-31)33-21-9-8-16(14-19(21)26)28-24-27-15-18(25)23(30-24)29-20-6-4-5-7-22(20)34(2,3)32;1-2-3(4)5;2-1-4-3;/h5-11,16-17,19H,1,12-15H2,2-4H3,(H,31,35)(H2,29,30,32,33);4-9,14-15,17H,10-13,26H2,1-3H3,(H2,27,28,29,30);2H,1H2;1,3H;/q;;;;+1/p-1. The van der Waals surface area contributed by atoms with Crippen molar-refractivity contribution in [3.05, 3.63) is 133 Å². The molecule has 0 bridgehead atoms. The number of aromatic nitrogens is 4. The van der Waals surface area contributed by atoms with Crippen molar-refractivity contribution in [1.29, 1.82) is 0 Å². The summed E-state index contributed by atoms with van der Waals surface area (Å²) in [5, 5.41) is 25.5. The molecule has 4 aromatic carbocycles. The van der Waals surface area contributed by atoms with Crippen LogP contribution in [0.2, 0.25) is 10.0 Å². The summed E-state index contributed by atoms with van der Waals surface area (Å²) in [7, 11) is -0.816. The Morgan fingerprint density at radius 2 is 1.07 bits per heavy atom. The van der Waals surface area contributed by atoms with Crippen LogP contribution in [0.3, 0.4) is 0 Å². The predicted octanol–water partition coefficient (Wildman–Crippen LogP) is 6.76. The molecule has 0 atom stereocenters. The van der Waals surface area contributed by atoms with Crippen molar-refractivity contribution in [2.24, 2.45) is 0 Å². The number of rotatable bonds is 18. The normalized spacial score (nSPS) is 13.7. The van der Waals surface area contributed by atoms with Crippen LogP contribution in [-0.4, -0.2) is 126 Å². The number of likely N-dealkylation sites (tertiary alicyclic amines) is 2. The molecule has 0 radical (unpaired) electrons. The van der Waals surface area contributed by atoms with E-state index in [1.165, 1.54) is 18.5 Å². The number of nitrogen functional groups attached to an aromatic ring is 1. The molecule has 0 spiro atoms. The van der Waals surface area contributed by atoms with Crippen LogP contribution in [0.4, 0.5) is 57.7 Å². The van der Waals surface area contributed by atoms with E-state index in [1.54, 1.807) is 38.8 Å². The number of anilines is 10. The van der Waals surface area contributed by atoms with E-state index in [2.05, 4.69) is 88.5 Å². The summed E-state index contributed by atoms with van der Waals surface area (Å²) in [6.45, 7) is 17.3. The molecule has 1 amide bonds. The largest absolute Gasteiger partial charge is 1.00 e. The molecular weight excluding hydrogens is 1160 g/mol. The quantitative estimate of drug-likeness (QED) is 0.00758. The first-order valence-corrected chi connectivity index (χ1v) is 31.5. The Morgan fingerprint density at radius 3 is 1.46 bits per heavy atom. The number of hydrogen-bond acceptors (Lipinski definition) is 20. The number of hydrogen-bond donors (Lipinski definition) is 6. The molecule has 2 aliphatic rings. The first-order valence-electron chi connectivity index (χ1n) is 25.1. The number of nitrogens with one attached hydrogen (secondary N) is 5.